The number of nitrogens with two attached hydrogens (primary N) is 1. The molecule has 7 heteroatoms. The summed E-state index contributed by atoms with van der Waals surface area (Å²) >= 11 is 0. The molecule has 5 atom stereocenters. The van der Waals surface area contributed by atoms with Gasteiger partial charge in [-0.2, -0.15) is 0 Å². The predicted octanol–water partition coefficient (Wildman–Crippen LogP) is 1.63. The fourth-order valence-corrected chi connectivity index (χ4v) is 5.71. The van der Waals surface area contributed by atoms with Gasteiger partial charge in [0.05, 0.1) is 12.7 Å². The van der Waals surface area contributed by atoms with Crippen molar-refractivity contribution in [2.45, 2.75) is 89.1 Å². The normalized spacial score (nSPS) is 33.5. The molecule has 1 amide bonds. The van der Waals surface area contributed by atoms with E-state index in [1.54, 1.807) is 0 Å². The van der Waals surface area contributed by atoms with Crippen LogP contribution >= 0.6 is 0 Å². The van der Waals surface area contributed by atoms with E-state index in [4.69, 9.17) is 10.5 Å². The number of hydrogen-bond donors (Lipinski definition) is 4. The van der Waals surface area contributed by atoms with Crippen LogP contribution in [0.15, 0.2) is 0 Å². The molecule has 2 aliphatic carbocycles. The molecule has 0 spiro atoms. The summed E-state index contributed by atoms with van der Waals surface area (Å²) < 4.78 is 5.74. The molecule has 3 fully saturated rings. The topological polar surface area (TPSA) is 116 Å². The van der Waals surface area contributed by atoms with Gasteiger partial charge in [-0.3, -0.25) is 4.79 Å². The van der Waals surface area contributed by atoms with E-state index in [1.807, 2.05) is 0 Å². The van der Waals surface area contributed by atoms with E-state index in [9.17, 15) is 20.1 Å². The van der Waals surface area contributed by atoms with Gasteiger partial charge in [-0.05, 0) is 76.2 Å². The highest BCUT2D eigenvalue weighted by molar-refractivity contribution is 5.79. The minimum Gasteiger partial charge on any atom is -0.382 e. The minimum absolute atomic E-state index is 0.0272. The Bertz CT molecular complexity index is 548. The average Bonchev–Trinajstić information content (AvgIpc) is 2.77. The SMILES string of the molecule is CC(O)(COC1CCCC(C(=O)N2CCC(C3CCCC(CN)C3)CC2)C1)C(O)O. The number of nitrogens with zero attached hydrogens (tertiary/aromatic N) is 1. The number of ether oxygens (including phenoxy) is 1. The number of aliphatic hydroxyl groups is 3. The molecule has 0 aromatic heterocycles. The number of hydrogen-bond acceptors (Lipinski definition) is 6. The molecule has 0 aromatic carbocycles. The van der Waals surface area contributed by atoms with Crippen LogP contribution in [-0.2, 0) is 9.53 Å². The van der Waals surface area contributed by atoms with Gasteiger partial charge >= 0.3 is 0 Å². The lowest BCUT2D eigenvalue weighted by Gasteiger charge is -2.41. The maximum absolute atomic E-state index is 13.1. The van der Waals surface area contributed by atoms with Crippen LogP contribution in [0.4, 0.5) is 0 Å². The van der Waals surface area contributed by atoms with Gasteiger partial charge in [-0.1, -0.05) is 19.3 Å². The van der Waals surface area contributed by atoms with Crippen molar-refractivity contribution in [1.82, 2.24) is 4.90 Å². The van der Waals surface area contributed by atoms with Crippen molar-refractivity contribution in [1.29, 1.82) is 0 Å². The molecule has 5 N–H and O–H groups in total. The van der Waals surface area contributed by atoms with E-state index in [0.717, 1.165) is 63.6 Å². The molecule has 5 unspecified atom stereocenters. The van der Waals surface area contributed by atoms with E-state index >= 15 is 0 Å². The van der Waals surface area contributed by atoms with Crippen LogP contribution in [0.1, 0.15) is 71.1 Å². The summed E-state index contributed by atoms with van der Waals surface area (Å²) in [5, 5.41) is 28.4. The van der Waals surface area contributed by atoms with E-state index in [2.05, 4.69) is 4.90 Å². The summed E-state index contributed by atoms with van der Waals surface area (Å²) in [5.41, 5.74) is 4.22. The average molecular weight is 427 g/mol. The number of carbonyl (C=O) groups excluding carboxylic acids is 1. The van der Waals surface area contributed by atoms with Crippen LogP contribution < -0.4 is 5.73 Å². The second-order valence-corrected chi connectivity index (χ2v) is 10.2. The second kappa shape index (κ2) is 10.7. The molecule has 1 heterocycles. The van der Waals surface area contributed by atoms with Crippen LogP contribution in [0.2, 0.25) is 0 Å². The third-order valence-electron chi connectivity index (χ3n) is 7.82. The molecule has 3 aliphatic rings. The van der Waals surface area contributed by atoms with Crippen LogP contribution in [0.3, 0.4) is 0 Å². The Morgan fingerprint density at radius 3 is 2.43 bits per heavy atom. The van der Waals surface area contributed by atoms with Gasteiger partial charge in [0.25, 0.3) is 0 Å². The van der Waals surface area contributed by atoms with Gasteiger partial charge in [0.2, 0.25) is 5.91 Å². The summed E-state index contributed by atoms with van der Waals surface area (Å²) in [6, 6.07) is 0. The van der Waals surface area contributed by atoms with Gasteiger partial charge in [0, 0.05) is 19.0 Å². The Labute approximate surface area is 181 Å². The molecule has 174 valence electrons. The molecule has 30 heavy (non-hydrogen) atoms. The van der Waals surface area contributed by atoms with Crippen molar-refractivity contribution >= 4 is 5.91 Å². The van der Waals surface area contributed by atoms with Gasteiger partial charge in [-0.25, -0.2) is 0 Å². The zero-order chi connectivity index (χ0) is 21.7. The van der Waals surface area contributed by atoms with Crippen molar-refractivity contribution in [2.24, 2.45) is 29.4 Å². The fourth-order valence-electron chi connectivity index (χ4n) is 5.71. The quantitative estimate of drug-likeness (QED) is 0.460. The number of amides is 1. The van der Waals surface area contributed by atoms with Gasteiger partial charge < -0.3 is 30.7 Å². The van der Waals surface area contributed by atoms with Crippen LogP contribution in [0.5, 0.6) is 0 Å². The third-order valence-corrected chi connectivity index (χ3v) is 7.82. The maximum Gasteiger partial charge on any atom is 0.225 e. The number of piperidine rings is 1. The van der Waals surface area contributed by atoms with E-state index in [0.29, 0.717) is 12.3 Å². The minimum atomic E-state index is -1.84. The molecule has 7 nitrogen and oxygen atoms in total. The van der Waals surface area contributed by atoms with Crippen molar-refractivity contribution in [3.8, 4) is 0 Å². The van der Waals surface area contributed by atoms with Crippen LogP contribution in [0.25, 0.3) is 0 Å². The Morgan fingerprint density at radius 2 is 1.77 bits per heavy atom. The lowest BCUT2D eigenvalue weighted by molar-refractivity contribution is -0.205. The van der Waals surface area contributed by atoms with Gasteiger partial charge in [0.1, 0.15) is 5.60 Å². The number of carbonyl (C=O) groups is 1. The van der Waals surface area contributed by atoms with Gasteiger partial charge in [-0.15, -0.1) is 0 Å². The molecule has 1 saturated heterocycles. The first-order valence-corrected chi connectivity index (χ1v) is 12.0. The summed E-state index contributed by atoms with van der Waals surface area (Å²) in [5.74, 6) is 2.43. The lowest BCUT2D eigenvalue weighted by atomic mass is 9.72. The first-order valence-electron chi connectivity index (χ1n) is 12.0. The van der Waals surface area contributed by atoms with Gasteiger partial charge in [0.15, 0.2) is 6.29 Å². The first-order chi connectivity index (χ1) is 14.3. The van der Waals surface area contributed by atoms with Crippen LogP contribution in [0, 0.1) is 23.7 Å². The van der Waals surface area contributed by atoms with E-state index < -0.39 is 11.9 Å². The molecule has 2 saturated carbocycles. The standard InChI is InChI=1S/C23H42N2O5/c1-23(29,22(27)28)15-30-20-7-3-6-19(13-20)21(26)25-10-8-17(9-11-25)18-5-2-4-16(12-18)14-24/h16-20,22,27-29H,2-15,24H2,1H3. The number of likely N-dealkylation sites (tertiary alicyclic amines) is 1. The Balaban J connectivity index is 1.44. The summed E-state index contributed by atoms with van der Waals surface area (Å²) in [6.07, 6.45) is 8.72. The predicted molar refractivity (Wildman–Crippen MR) is 114 cm³/mol. The highest BCUT2D eigenvalue weighted by Crippen LogP contribution is 2.38. The molecule has 1 aliphatic heterocycles. The van der Waals surface area contributed by atoms with E-state index in [-0.39, 0.29) is 24.5 Å². The van der Waals surface area contributed by atoms with Crippen molar-refractivity contribution < 1.29 is 24.9 Å². The third kappa shape index (κ3) is 6.16. The summed E-state index contributed by atoms with van der Waals surface area (Å²) in [7, 11) is 0. The lowest BCUT2D eigenvalue weighted by Crippen LogP contribution is -2.46. The summed E-state index contributed by atoms with van der Waals surface area (Å²) in [6.45, 7) is 3.73. The first kappa shape index (κ1) is 23.9. The van der Waals surface area contributed by atoms with E-state index in [1.165, 1.54) is 32.6 Å². The molecule has 0 radical (unpaired) electrons. The zero-order valence-corrected chi connectivity index (χ0v) is 18.5. The Hall–Kier alpha value is -0.730. The second-order valence-electron chi connectivity index (χ2n) is 10.2. The Kier molecular flexibility index (Phi) is 8.55. The summed E-state index contributed by atoms with van der Waals surface area (Å²) in [4.78, 5) is 15.2. The zero-order valence-electron chi connectivity index (χ0n) is 18.5. The highest BCUT2D eigenvalue weighted by atomic mass is 16.5. The molecular formula is C23H42N2O5. The molecule has 3 rings (SSSR count). The molecule has 0 aromatic rings. The Morgan fingerprint density at radius 1 is 1.07 bits per heavy atom. The number of aliphatic hydroxyl groups excluding tert-OH is 1. The van der Waals surface area contributed by atoms with Crippen molar-refractivity contribution in [2.75, 3.05) is 26.2 Å². The maximum atomic E-state index is 13.1. The van der Waals surface area contributed by atoms with Crippen LogP contribution in [-0.4, -0.2) is 70.4 Å². The molecule has 0 bridgehead atoms. The number of rotatable bonds is 7. The highest BCUT2D eigenvalue weighted by Gasteiger charge is 2.36. The fraction of sp³-hybridized carbons (Fsp3) is 0.957. The van der Waals surface area contributed by atoms with Crippen molar-refractivity contribution in [3.63, 3.8) is 0 Å². The molecular weight excluding hydrogens is 384 g/mol. The largest absolute Gasteiger partial charge is 0.382 e. The monoisotopic (exact) mass is 426 g/mol. The smallest absolute Gasteiger partial charge is 0.225 e. The van der Waals surface area contributed by atoms with Crippen molar-refractivity contribution in [3.05, 3.63) is 0 Å².